The molecule has 0 aliphatic carbocycles. The van der Waals surface area contributed by atoms with E-state index in [1.807, 2.05) is 30.3 Å². The summed E-state index contributed by atoms with van der Waals surface area (Å²) in [6.07, 6.45) is 0. The van der Waals surface area contributed by atoms with Gasteiger partial charge in [-0.2, -0.15) is 0 Å². The fourth-order valence-electron chi connectivity index (χ4n) is 2.46. The van der Waals surface area contributed by atoms with E-state index in [1.54, 1.807) is 48.5 Å². The summed E-state index contributed by atoms with van der Waals surface area (Å²) in [7, 11) is 0. The van der Waals surface area contributed by atoms with Crippen LogP contribution in [0.15, 0.2) is 78.9 Å². The van der Waals surface area contributed by atoms with Crippen LogP contribution in [0.5, 0.6) is 11.5 Å². The SMILES string of the molecule is O=C(NNC(=O)c1ccccc1OCCOc1ccccc1)c1ccc(Cl)cc1. The average molecular weight is 411 g/mol. The van der Waals surface area contributed by atoms with E-state index in [9.17, 15) is 9.59 Å². The molecule has 0 heterocycles. The Bertz CT molecular complexity index is 962. The number of hydrogen-bond acceptors (Lipinski definition) is 4. The zero-order valence-corrected chi connectivity index (χ0v) is 16.2. The summed E-state index contributed by atoms with van der Waals surface area (Å²) in [5.41, 5.74) is 5.42. The highest BCUT2D eigenvalue weighted by Gasteiger charge is 2.13. The molecule has 0 aliphatic rings. The molecule has 0 aliphatic heterocycles. The third-order valence-electron chi connectivity index (χ3n) is 3.88. The van der Waals surface area contributed by atoms with Gasteiger partial charge in [0, 0.05) is 10.6 Å². The number of hydrazine groups is 1. The maximum Gasteiger partial charge on any atom is 0.273 e. The lowest BCUT2D eigenvalue weighted by atomic mass is 10.2. The standard InChI is InChI=1S/C22H19ClN2O4/c23-17-12-10-16(11-13-17)21(26)24-25-22(27)19-8-4-5-9-20(19)29-15-14-28-18-6-2-1-3-7-18/h1-13H,14-15H2,(H,24,26)(H,25,27). The Morgan fingerprint density at radius 1 is 0.724 bits per heavy atom. The van der Waals surface area contributed by atoms with Gasteiger partial charge in [0.15, 0.2) is 0 Å². The summed E-state index contributed by atoms with van der Waals surface area (Å²) in [6, 6.07) is 22.5. The molecule has 29 heavy (non-hydrogen) atoms. The average Bonchev–Trinajstić information content (AvgIpc) is 2.76. The molecule has 2 N–H and O–H groups in total. The highest BCUT2D eigenvalue weighted by molar-refractivity contribution is 6.30. The van der Waals surface area contributed by atoms with E-state index in [2.05, 4.69) is 10.9 Å². The van der Waals surface area contributed by atoms with Crippen molar-refractivity contribution in [1.82, 2.24) is 10.9 Å². The van der Waals surface area contributed by atoms with Crippen molar-refractivity contribution in [2.45, 2.75) is 0 Å². The normalized spacial score (nSPS) is 10.1. The van der Waals surface area contributed by atoms with Gasteiger partial charge in [0.2, 0.25) is 0 Å². The molecule has 3 rings (SSSR count). The summed E-state index contributed by atoms with van der Waals surface area (Å²) in [6.45, 7) is 0.587. The lowest BCUT2D eigenvalue weighted by molar-refractivity contribution is 0.0844. The van der Waals surface area contributed by atoms with Gasteiger partial charge in [-0.1, -0.05) is 41.9 Å². The topological polar surface area (TPSA) is 76.7 Å². The molecular formula is C22H19ClN2O4. The Morgan fingerprint density at radius 3 is 2.10 bits per heavy atom. The number of benzene rings is 3. The zero-order valence-electron chi connectivity index (χ0n) is 15.4. The van der Waals surface area contributed by atoms with E-state index in [4.69, 9.17) is 21.1 Å². The quantitative estimate of drug-likeness (QED) is 0.458. The Morgan fingerprint density at radius 2 is 1.34 bits per heavy atom. The zero-order chi connectivity index (χ0) is 20.5. The van der Waals surface area contributed by atoms with E-state index in [-0.39, 0.29) is 6.61 Å². The van der Waals surface area contributed by atoms with Crippen molar-refractivity contribution in [1.29, 1.82) is 0 Å². The molecule has 0 saturated heterocycles. The van der Waals surface area contributed by atoms with Crippen LogP contribution in [0.25, 0.3) is 0 Å². The van der Waals surface area contributed by atoms with Gasteiger partial charge < -0.3 is 9.47 Å². The Labute approximate surface area is 173 Å². The third-order valence-corrected chi connectivity index (χ3v) is 4.13. The molecule has 0 unspecified atom stereocenters. The predicted octanol–water partition coefficient (Wildman–Crippen LogP) is 3.87. The summed E-state index contributed by atoms with van der Waals surface area (Å²) < 4.78 is 11.2. The first-order valence-corrected chi connectivity index (χ1v) is 9.27. The molecule has 3 aromatic rings. The number of amides is 2. The number of nitrogens with one attached hydrogen (secondary N) is 2. The van der Waals surface area contributed by atoms with E-state index in [1.165, 1.54) is 0 Å². The molecule has 0 fully saturated rings. The highest BCUT2D eigenvalue weighted by Crippen LogP contribution is 2.18. The van der Waals surface area contributed by atoms with Gasteiger partial charge in [0.05, 0.1) is 5.56 Å². The van der Waals surface area contributed by atoms with E-state index >= 15 is 0 Å². The van der Waals surface area contributed by atoms with Crippen LogP contribution in [0, 0.1) is 0 Å². The number of ether oxygens (including phenoxy) is 2. The summed E-state index contributed by atoms with van der Waals surface area (Å²) in [5, 5.41) is 0.521. The van der Waals surface area contributed by atoms with Crippen LogP contribution < -0.4 is 20.3 Å². The molecule has 3 aromatic carbocycles. The molecular weight excluding hydrogens is 392 g/mol. The molecule has 0 spiro atoms. The van der Waals surface area contributed by atoms with Crippen LogP contribution in [0.4, 0.5) is 0 Å². The number of para-hydroxylation sites is 2. The van der Waals surface area contributed by atoms with Gasteiger partial charge in [0.25, 0.3) is 11.8 Å². The second-order valence-electron chi connectivity index (χ2n) is 5.92. The second kappa shape index (κ2) is 10.1. The van der Waals surface area contributed by atoms with Crippen LogP contribution in [-0.4, -0.2) is 25.0 Å². The largest absolute Gasteiger partial charge is 0.490 e. The van der Waals surface area contributed by atoms with Crippen molar-refractivity contribution in [3.63, 3.8) is 0 Å². The van der Waals surface area contributed by atoms with Crippen molar-refractivity contribution in [3.05, 3.63) is 95.0 Å². The van der Waals surface area contributed by atoms with Gasteiger partial charge >= 0.3 is 0 Å². The van der Waals surface area contributed by atoms with E-state index in [0.29, 0.717) is 28.5 Å². The predicted molar refractivity (Wildman–Crippen MR) is 110 cm³/mol. The van der Waals surface area contributed by atoms with Crippen LogP contribution >= 0.6 is 11.6 Å². The fraction of sp³-hybridized carbons (Fsp3) is 0.0909. The van der Waals surface area contributed by atoms with Crippen LogP contribution in [-0.2, 0) is 0 Å². The smallest absolute Gasteiger partial charge is 0.273 e. The Kier molecular flexibility index (Phi) is 7.08. The van der Waals surface area contributed by atoms with Gasteiger partial charge in [-0.3, -0.25) is 20.4 Å². The molecule has 2 amide bonds. The molecule has 148 valence electrons. The first-order valence-electron chi connectivity index (χ1n) is 8.89. The highest BCUT2D eigenvalue weighted by atomic mass is 35.5. The van der Waals surface area contributed by atoms with E-state index in [0.717, 1.165) is 5.75 Å². The monoisotopic (exact) mass is 410 g/mol. The van der Waals surface area contributed by atoms with Gasteiger partial charge in [-0.25, -0.2) is 0 Å². The molecule has 0 atom stereocenters. The molecule has 0 radical (unpaired) electrons. The Balaban J connectivity index is 1.52. The summed E-state index contributed by atoms with van der Waals surface area (Å²) >= 11 is 5.80. The summed E-state index contributed by atoms with van der Waals surface area (Å²) in [4.78, 5) is 24.6. The first kappa shape index (κ1) is 20.2. The van der Waals surface area contributed by atoms with Crippen LogP contribution in [0.2, 0.25) is 5.02 Å². The minimum Gasteiger partial charge on any atom is -0.490 e. The lowest BCUT2D eigenvalue weighted by Gasteiger charge is -2.13. The molecule has 0 aromatic heterocycles. The second-order valence-corrected chi connectivity index (χ2v) is 6.36. The van der Waals surface area contributed by atoms with Crippen molar-refractivity contribution in [2.75, 3.05) is 13.2 Å². The number of hydrogen-bond donors (Lipinski definition) is 2. The minimum absolute atomic E-state index is 0.260. The molecule has 6 nitrogen and oxygen atoms in total. The molecule has 7 heteroatoms. The number of halogens is 1. The van der Waals surface area contributed by atoms with Crippen molar-refractivity contribution < 1.29 is 19.1 Å². The maximum atomic E-state index is 12.5. The lowest BCUT2D eigenvalue weighted by Crippen LogP contribution is -2.41. The molecule has 0 saturated carbocycles. The number of carbonyl (C=O) groups is 2. The van der Waals surface area contributed by atoms with Gasteiger partial charge in [-0.15, -0.1) is 0 Å². The van der Waals surface area contributed by atoms with Crippen molar-refractivity contribution >= 4 is 23.4 Å². The van der Waals surface area contributed by atoms with Crippen LogP contribution in [0.1, 0.15) is 20.7 Å². The number of carbonyl (C=O) groups excluding carboxylic acids is 2. The number of rotatable bonds is 7. The summed E-state index contributed by atoms with van der Waals surface area (Å²) in [5.74, 6) is 0.186. The molecule has 0 bridgehead atoms. The maximum absolute atomic E-state index is 12.5. The van der Waals surface area contributed by atoms with Crippen molar-refractivity contribution in [3.8, 4) is 11.5 Å². The van der Waals surface area contributed by atoms with Crippen molar-refractivity contribution in [2.24, 2.45) is 0 Å². The van der Waals surface area contributed by atoms with E-state index < -0.39 is 11.8 Å². The van der Waals surface area contributed by atoms with Gasteiger partial charge in [-0.05, 0) is 48.5 Å². The Hall–Kier alpha value is -3.51. The van der Waals surface area contributed by atoms with Gasteiger partial charge in [0.1, 0.15) is 24.7 Å². The minimum atomic E-state index is -0.494. The van der Waals surface area contributed by atoms with Crippen LogP contribution in [0.3, 0.4) is 0 Å². The third kappa shape index (κ3) is 5.99. The fourth-order valence-corrected chi connectivity index (χ4v) is 2.59. The first-order chi connectivity index (χ1) is 14.1.